The topological polar surface area (TPSA) is 38.7 Å². The summed E-state index contributed by atoms with van der Waals surface area (Å²) in [7, 11) is 3.27. The van der Waals surface area contributed by atoms with Crippen LogP contribution in [0.4, 0.5) is 0 Å². The van der Waals surface area contributed by atoms with E-state index in [2.05, 4.69) is 0 Å². The van der Waals surface area contributed by atoms with Gasteiger partial charge >= 0.3 is 0 Å². The minimum absolute atomic E-state index is 0.0155. The predicted octanol–water partition coefficient (Wildman–Crippen LogP) is 3.24. The van der Waals surface area contributed by atoms with Gasteiger partial charge < -0.3 is 14.6 Å². The van der Waals surface area contributed by atoms with Gasteiger partial charge in [0.25, 0.3) is 0 Å². The molecule has 0 fully saturated rings. The monoisotopic (exact) mass is 270 g/mol. The number of ether oxygens (including phenoxy) is 2. The standard InChI is InChI=1S/C17H18O3/c1-19-16-7-3-13(4-8-16)11-15(12-18)14-5-9-17(20-2)10-6-14/h3-11,18H,12H2,1-2H3/b15-11+. The Bertz CT molecular complexity index is 568. The summed E-state index contributed by atoms with van der Waals surface area (Å²) >= 11 is 0. The minimum Gasteiger partial charge on any atom is -0.497 e. The molecule has 0 radical (unpaired) electrons. The van der Waals surface area contributed by atoms with E-state index in [1.807, 2.05) is 54.6 Å². The van der Waals surface area contributed by atoms with Crippen LogP contribution in [0.25, 0.3) is 11.6 Å². The number of hydrogen-bond acceptors (Lipinski definition) is 3. The average molecular weight is 270 g/mol. The second-order valence-electron chi connectivity index (χ2n) is 4.33. The summed E-state index contributed by atoms with van der Waals surface area (Å²) < 4.78 is 10.3. The van der Waals surface area contributed by atoms with Crippen molar-refractivity contribution in [2.75, 3.05) is 20.8 Å². The molecule has 0 spiro atoms. The molecule has 0 saturated carbocycles. The third kappa shape index (κ3) is 3.39. The number of benzene rings is 2. The quantitative estimate of drug-likeness (QED) is 0.848. The van der Waals surface area contributed by atoms with E-state index in [9.17, 15) is 5.11 Å². The molecule has 0 aliphatic rings. The van der Waals surface area contributed by atoms with Gasteiger partial charge in [-0.1, -0.05) is 24.3 Å². The van der Waals surface area contributed by atoms with Crippen molar-refractivity contribution < 1.29 is 14.6 Å². The molecule has 0 aromatic heterocycles. The summed E-state index contributed by atoms with van der Waals surface area (Å²) in [6.07, 6.45) is 1.96. The Morgan fingerprint density at radius 2 is 1.40 bits per heavy atom. The van der Waals surface area contributed by atoms with Gasteiger partial charge in [0.15, 0.2) is 0 Å². The first kappa shape index (κ1) is 14.2. The molecule has 1 N–H and O–H groups in total. The Kier molecular flexibility index (Phi) is 4.80. The van der Waals surface area contributed by atoms with Crippen molar-refractivity contribution in [2.45, 2.75) is 0 Å². The van der Waals surface area contributed by atoms with Gasteiger partial charge in [-0.05, 0) is 47.0 Å². The zero-order chi connectivity index (χ0) is 14.4. The third-order valence-corrected chi connectivity index (χ3v) is 3.09. The van der Waals surface area contributed by atoms with Crippen LogP contribution in [0.15, 0.2) is 48.5 Å². The zero-order valence-corrected chi connectivity index (χ0v) is 11.7. The lowest BCUT2D eigenvalue weighted by atomic mass is 10.0. The van der Waals surface area contributed by atoms with Crippen LogP contribution in [0.1, 0.15) is 11.1 Å². The second-order valence-corrected chi connectivity index (χ2v) is 4.33. The van der Waals surface area contributed by atoms with Gasteiger partial charge in [0, 0.05) is 0 Å². The van der Waals surface area contributed by atoms with Crippen molar-refractivity contribution in [3.8, 4) is 11.5 Å². The van der Waals surface area contributed by atoms with Gasteiger partial charge in [-0.25, -0.2) is 0 Å². The van der Waals surface area contributed by atoms with E-state index in [1.165, 1.54) is 0 Å². The van der Waals surface area contributed by atoms with Crippen LogP contribution < -0.4 is 9.47 Å². The second kappa shape index (κ2) is 6.78. The van der Waals surface area contributed by atoms with Crippen LogP contribution in [-0.4, -0.2) is 25.9 Å². The van der Waals surface area contributed by atoms with E-state index in [0.717, 1.165) is 28.2 Å². The molecule has 104 valence electrons. The highest BCUT2D eigenvalue weighted by molar-refractivity contribution is 5.82. The van der Waals surface area contributed by atoms with Crippen LogP contribution in [0.5, 0.6) is 11.5 Å². The maximum atomic E-state index is 9.54. The first-order valence-corrected chi connectivity index (χ1v) is 6.36. The summed E-state index contributed by atoms with van der Waals surface area (Å²) in [6.45, 7) is -0.0155. The molecule has 0 unspecified atom stereocenters. The summed E-state index contributed by atoms with van der Waals surface area (Å²) in [5.41, 5.74) is 2.85. The molecular formula is C17H18O3. The molecule has 3 nitrogen and oxygen atoms in total. The molecule has 0 heterocycles. The molecule has 20 heavy (non-hydrogen) atoms. The van der Waals surface area contributed by atoms with Crippen molar-refractivity contribution in [3.05, 3.63) is 59.7 Å². The lowest BCUT2D eigenvalue weighted by molar-refractivity contribution is 0.350. The number of rotatable bonds is 5. The van der Waals surface area contributed by atoms with Crippen LogP contribution in [-0.2, 0) is 0 Å². The molecule has 3 heteroatoms. The van der Waals surface area contributed by atoms with Gasteiger partial charge in [-0.3, -0.25) is 0 Å². The van der Waals surface area contributed by atoms with Crippen LogP contribution in [0.2, 0.25) is 0 Å². The number of aliphatic hydroxyl groups is 1. The first-order valence-electron chi connectivity index (χ1n) is 6.36. The van der Waals surface area contributed by atoms with Crippen LogP contribution in [0.3, 0.4) is 0 Å². The Morgan fingerprint density at radius 3 is 1.85 bits per heavy atom. The normalized spacial score (nSPS) is 11.2. The third-order valence-electron chi connectivity index (χ3n) is 3.09. The number of hydrogen-bond donors (Lipinski definition) is 1. The fourth-order valence-electron chi connectivity index (χ4n) is 1.93. The van der Waals surface area contributed by atoms with Gasteiger partial charge in [0.05, 0.1) is 20.8 Å². The largest absolute Gasteiger partial charge is 0.497 e. The molecule has 0 aliphatic heterocycles. The molecule has 2 rings (SSSR count). The van der Waals surface area contributed by atoms with E-state index < -0.39 is 0 Å². The SMILES string of the molecule is COc1ccc(/C=C(\CO)c2ccc(OC)cc2)cc1. The zero-order valence-electron chi connectivity index (χ0n) is 11.7. The Balaban J connectivity index is 2.26. The van der Waals surface area contributed by atoms with Crippen molar-refractivity contribution in [2.24, 2.45) is 0 Å². The highest BCUT2D eigenvalue weighted by Gasteiger charge is 2.02. The van der Waals surface area contributed by atoms with E-state index in [-0.39, 0.29) is 6.61 Å². The van der Waals surface area contributed by atoms with Crippen LogP contribution in [0, 0.1) is 0 Å². The fourth-order valence-corrected chi connectivity index (χ4v) is 1.93. The molecule has 0 atom stereocenters. The van der Waals surface area contributed by atoms with E-state index in [4.69, 9.17) is 9.47 Å². The molecule has 2 aromatic rings. The van der Waals surface area contributed by atoms with E-state index in [0.29, 0.717) is 0 Å². The summed E-state index contributed by atoms with van der Waals surface area (Å²) in [5, 5.41) is 9.54. The number of methoxy groups -OCH3 is 2. The Labute approximate surface area is 119 Å². The minimum atomic E-state index is -0.0155. The molecule has 2 aromatic carbocycles. The van der Waals surface area contributed by atoms with E-state index in [1.54, 1.807) is 14.2 Å². The average Bonchev–Trinajstić information content (AvgIpc) is 2.53. The maximum Gasteiger partial charge on any atom is 0.118 e. The Morgan fingerprint density at radius 1 is 0.900 bits per heavy atom. The van der Waals surface area contributed by atoms with Gasteiger partial charge in [-0.2, -0.15) is 0 Å². The van der Waals surface area contributed by atoms with Crippen molar-refractivity contribution in [1.82, 2.24) is 0 Å². The molecule has 0 amide bonds. The van der Waals surface area contributed by atoms with Crippen molar-refractivity contribution >= 4 is 11.6 Å². The predicted molar refractivity (Wildman–Crippen MR) is 80.9 cm³/mol. The highest BCUT2D eigenvalue weighted by Crippen LogP contribution is 2.21. The molecule has 0 saturated heterocycles. The van der Waals surface area contributed by atoms with Crippen LogP contribution >= 0.6 is 0 Å². The Hall–Kier alpha value is -2.26. The summed E-state index contributed by atoms with van der Waals surface area (Å²) in [4.78, 5) is 0. The summed E-state index contributed by atoms with van der Waals surface area (Å²) in [5.74, 6) is 1.62. The molecular weight excluding hydrogens is 252 g/mol. The fraction of sp³-hybridized carbons (Fsp3) is 0.176. The molecule has 0 bridgehead atoms. The summed E-state index contributed by atoms with van der Waals surface area (Å²) in [6, 6.07) is 15.3. The smallest absolute Gasteiger partial charge is 0.118 e. The van der Waals surface area contributed by atoms with Crippen molar-refractivity contribution in [3.63, 3.8) is 0 Å². The van der Waals surface area contributed by atoms with Gasteiger partial charge in [-0.15, -0.1) is 0 Å². The van der Waals surface area contributed by atoms with Gasteiger partial charge in [0.1, 0.15) is 11.5 Å². The number of aliphatic hydroxyl groups excluding tert-OH is 1. The first-order chi connectivity index (χ1) is 9.76. The highest BCUT2D eigenvalue weighted by atomic mass is 16.5. The van der Waals surface area contributed by atoms with Crippen molar-refractivity contribution in [1.29, 1.82) is 0 Å². The lowest BCUT2D eigenvalue weighted by Gasteiger charge is -2.07. The maximum absolute atomic E-state index is 9.54. The lowest BCUT2D eigenvalue weighted by Crippen LogP contribution is -1.91. The van der Waals surface area contributed by atoms with Gasteiger partial charge in [0.2, 0.25) is 0 Å². The molecule has 0 aliphatic carbocycles. The van der Waals surface area contributed by atoms with E-state index >= 15 is 0 Å².